The molecule has 2 aromatic rings. The van der Waals surface area contributed by atoms with Crippen molar-refractivity contribution in [1.82, 2.24) is 9.78 Å². The van der Waals surface area contributed by atoms with Crippen molar-refractivity contribution < 1.29 is 22.4 Å². The van der Waals surface area contributed by atoms with Crippen LogP contribution in [-0.2, 0) is 19.1 Å². The highest BCUT2D eigenvalue weighted by Gasteiger charge is 2.34. The van der Waals surface area contributed by atoms with Crippen LogP contribution < -0.4 is 0 Å². The number of ketones is 1. The summed E-state index contributed by atoms with van der Waals surface area (Å²) in [7, 11) is 0. The molecular weight excluding hydrogens is 288 g/mol. The van der Waals surface area contributed by atoms with E-state index < -0.39 is 23.3 Å². The summed E-state index contributed by atoms with van der Waals surface area (Å²) in [5.41, 5.74) is -1.01. The molecule has 0 aliphatic heterocycles. The Balaban J connectivity index is 2.23. The SMILES string of the molecule is CCn1cc(CC(=O)c2ccc(F)c(C(F)(F)F)c2)cn1. The van der Waals surface area contributed by atoms with Crippen molar-refractivity contribution in [3.05, 3.63) is 53.1 Å². The van der Waals surface area contributed by atoms with E-state index in [1.807, 2.05) is 6.92 Å². The molecule has 0 fully saturated rings. The molecule has 0 spiro atoms. The lowest BCUT2D eigenvalue weighted by Gasteiger charge is -2.09. The number of carbonyl (C=O) groups is 1. The summed E-state index contributed by atoms with van der Waals surface area (Å²) in [4.78, 5) is 12.0. The average Bonchev–Trinajstić information content (AvgIpc) is 2.85. The number of aryl methyl sites for hydroxylation is 1. The van der Waals surface area contributed by atoms with E-state index in [2.05, 4.69) is 5.10 Å². The second-order valence-electron chi connectivity index (χ2n) is 4.50. The summed E-state index contributed by atoms with van der Waals surface area (Å²) in [6, 6.07) is 2.25. The monoisotopic (exact) mass is 300 g/mol. The van der Waals surface area contributed by atoms with Gasteiger partial charge in [-0.2, -0.15) is 18.3 Å². The first-order chi connectivity index (χ1) is 9.81. The fraction of sp³-hybridized carbons (Fsp3) is 0.286. The third-order valence-electron chi connectivity index (χ3n) is 2.97. The zero-order chi connectivity index (χ0) is 15.6. The molecule has 7 heteroatoms. The van der Waals surface area contributed by atoms with Crippen molar-refractivity contribution in [2.75, 3.05) is 0 Å². The van der Waals surface area contributed by atoms with Crippen molar-refractivity contribution in [3.8, 4) is 0 Å². The molecule has 21 heavy (non-hydrogen) atoms. The maximum absolute atomic E-state index is 13.2. The first-order valence-corrected chi connectivity index (χ1v) is 6.22. The van der Waals surface area contributed by atoms with Crippen LogP contribution in [0.15, 0.2) is 30.6 Å². The molecule has 0 unspecified atom stereocenters. The number of benzene rings is 1. The lowest BCUT2D eigenvalue weighted by Crippen LogP contribution is -2.11. The summed E-state index contributed by atoms with van der Waals surface area (Å²) in [6.07, 6.45) is -1.78. The van der Waals surface area contributed by atoms with Crippen LogP contribution in [0.4, 0.5) is 17.6 Å². The van der Waals surface area contributed by atoms with Crippen molar-refractivity contribution in [1.29, 1.82) is 0 Å². The molecule has 0 aliphatic carbocycles. The number of alkyl halides is 3. The number of halogens is 4. The number of aromatic nitrogens is 2. The van der Waals surface area contributed by atoms with E-state index in [0.29, 0.717) is 24.2 Å². The molecule has 0 saturated carbocycles. The molecule has 2 rings (SSSR count). The van der Waals surface area contributed by atoms with Crippen LogP contribution in [0.1, 0.15) is 28.4 Å². The maximum atomic E-state index is 13.2. The lowest BCUT2D eigenvalue weighted by atomic mass is 10.0. The van der Waals surface area contributed by atoms with Gasteiger partial charge in [0, 0.05) is 24.7 Å². The summed E-state index contributed by atoms with van der Waals surface area (Å²) in [5.74, 6) is -1.91. The van der Waals surface area contributed by atoms with Gasteiger partial charge in [-0.1, -0.05) is 0 Å². The van der Waals surface area contributed by atoms with Gasteiger partial charge in [0.05, 0.1) is 11.8 Å². The zero-order valence-corrected chi connectivity index (χ0v) is 11.1. The summed E-state index contributed by atoms with van der Waals surface area (Å²) >= 11 is 0. The van der Waals surface area contributed by atoms with Gasteiger partial charge in [-0.15, -0.1) is 0 Å². The van der Waals surface area contributed by atoms with Gasteiger partial charge in [0.25, 0.3) is 0 Å². The third-order valence-corrected chi connectivity index (χ3v) is 2.97. The Hall–Kier alpha value is -2.18. The topological polar surface area (TPSA) is 34.9 Å². The van der Waals surface area contributed by atoms with E-state index in [1.165, 1.54) is 6.20 Å². The minimum atomic E-state index is -4.83. The number of hydrogen-bond acceptors (Lipinski definition) is 2. The molecule has 0 aliphatic rings. The zero-order valence-electron chi connectivity index (χ0n) is 11.1. The number of nitrogens with zero attached hydrogens (tertiary/aromatic N) is 2. The Kier molecular flexibility index (Phi) is 4.11. The van der Waals surface area contributed by atoms with Crippen LogP contribution in [0.5, 0.6) is 0 Å². The van der Waals surface area contributed by atoms with E-state index in [1.54, 1.807) is 10.9 Å². The van der Waals surface area contributed by atoms with Crippen LogP contribution in [0.25, 0.3) is 0 Å². The summed E-state index contributed by atoms with van der Waals surface area (Å²) in [6.45, 7) is 2.50. The number of hydrogen-bond donors (Lipinski definition) is 0. The van der Waals surface area contributed by atoms with E-state index in [-0.39, 0.29) is 12.0 Å². The predicted molar refractivity (Wildman–Crippen MR) is 67.3 cm³/mol. The van der Waals surface area contributed by atoms with Crippen LogP contribution in [0.3, 0.4) is 0 Å². The number of carbonyl (C=O) groups excluding carboxylic acids is 1. The molecule has 0 saturated heterocycles. The second-order valence-corrected chi connectivity index (χ2v) is 4.50. The minimum absolute atomic E-state index is 0.0804. The van der Waals surface area contributed by atoms with Crippen LogP contribution in [0.2, 0.25) is 0 Å². The van der Waals surface area contributed by atoms with Crippen molar-refractivity contribution in [2.45, 2.75) is 26.1 Å². The molecule has 0 amide bonds. The Labute approximate surface area is 118 Å². The van der Waals surface area contributed by atoms with Gasteiger partial charge in [0.1, 0.15) is 5.82 Å². The molecule has 0 N–H and O–H groups in total. The average molecular weight is 300 g/mol. The van der Waals surface area contributed by atoms with E-state index in [9.17, 15) is 22.4 Å². The van der Waals surface area contributed by atoms with Crippen molar-refractivity contribution in [3.63, 3.8) is 0 Å². The Morgan fingerprint density at radius 2 is 2.05 bits per heavy atom. The highest BCUT2D eigenvalue weighted by Crippen LogP contribution is 2.32. The smallest absolute Gasteiger partial charge is 0.294 e. The highest BCUT2D eigenvalue weighted by molar-refractivity contribution is 5.97. The largest absolute Gasteiger partial charge is 0.419 e. The molecule has 1 aromatic carbocycles. The third kappa shape index (κ3) is 3.48. The molecule has 0 radical (unpaired) electrons. The Morgan fingerprint density at radius 1 is 1.33 bits per heavy atom. The van der Waals surface area contributed by atoms with Gasteiger partial charge in [0.2, 0.25) is 0 Å². The second kappa shape index (κ2) is 5.67. The molecule has 0 atom stereocenters. The van der Waals surface area contributed by atoms with Gasteiger partial charge in [0.15, 0.2) is 5.78 Å². The number of Topliss-reactive ketones (excluding diaryl/α,β-unsaturated/α-hetero) is 1. The van der Waals surface area contributed by atoms with Crippen molar-refractivity contribution >= 4 is 5.78 Å². The summed E-state index contributed by atoms with van der Waals surface area (Å²) in [5, 5.41) is 3.98. The van der Waals surface area contributed by atoms with Crippen LogP contribution in [0, 0.1) is 5.82 Å². The maximum Gasteiger partial charge on any atom is 0.419 e. The van der Waals surface area contributed by atoms with Crippen LogP contribution >= 0.6 is 0 Å². The molecule has 1 heterocycles. The van der Waals surface area contributed by atoms with Gasteiger partial charge in [-0.25, -0.2) is 4.39 Å². The molecule has 1 aromatic heterocycles. The highest BCUT2D eigenvalue weighted by atomic mass is 19.4. The minimum Gasteiger partial charge on any atom is -0.294 e. The van der Waals surface area contributed by atoms with Gasteiger partial charge in [-0.05, 0) is 30.7 Å². The lowest BCUT2D eigenvalue weighted by molar-refractivity contribution is -0.140. The normalized spacial score (nSPS) is 11.7. The van der Waals surface area contributed by atoms with E-state index >= 15 is 0 Å². The Bertz CT molecular complexity index is 661. The first-order valence-electron chi connectivity index (χ1n) is 6.22. The summed E-state index contributed by atoms with van der Waals surface area (Å²) < 4.78 is 52.6. The van der Waals surface area contributed by atoms with Crippen molar-refractivity contribution in [2.24, 2.45) is 0 Å². The van der Waals surface area contributed by atoms with E-state index in [0.717, 1.165) is 6.07 Å². The fourth-order valence-electron chi connectivity index (χ4n) is 1.87. The molecule has 0 bridgehead atoms. The van der Waals surface area contributed by atoms with Gasteiger partial charge in [-0.3, -0.25) is 9.48 Å². The van der Waals surface area contributed by atoms with Crippen LogP contribution in [-0.4, -0.2) is 15.6 Å². The quantitative estimate of drug-likeness (QED) is 0.640. The number of rotatable bonds is 4. The standard InChI is InChI=1S/C14H12F4N2O/c1-2-20-8-9(7-19-20)5-13(21)10-3-4-12(15)11(6-10)14(16,17)18/h3-4,6-8H,2,5H2,1H3. The van der Waals surface area contributed by atoms with E-state index in [4.69, 9.17) is 0 Å². The van der Waals surface area contributed by atoms with Gasteiger partial charge < -0.3 is 0 Å². The molecule has 112 valence electrons. The molecular formula is C14H12F4N2O. The molecule has 3 nitrogen and oxygen atoms in total. The first kappa shape index (κ1) is 15.2. The Morgan fingerprint density at radius 3 is 2.62 bits per heavy atom. The fourth-order valence-corrected chi connectivity index (χ4v) is 1.87. The predicted octanol–water partition coefficient (Wildman–Crippen LogP) is 3.49. The van der Waals surface area contributed by atoms with Gasteiger partial charge >= 0.3 is 6.18 Å².